The van der Waals surface area contributed by atoms with E-state index in [0.717, 1.165) is 18.4 Å². The number of nitrogen functional groups attached to an aromatic ring is 1. The third kappa shape index (κ3) is 5.16. The van der Waals surface area contributed by atoms with Crippen LogP contribution in [0.2, 0.25) is 0 Å². The number of methoxy groups -OCH3 is 1. The van der Waals surface area contributed by atoms with Gasteiger partial charge in [-0.2, -0.15) is 0 Å². The van der Waals surface area contributed by atoms with E-state index in [0.29, 0.717) is 36.0 Å². The summed E-state index contributed by atoms with van der Waals surface area (Å²) in [5, 5.41) is 2.86. The summed E-state index contributed by atoms with van der Waals surface area (Å²) >= 11 is 0. The van der Waals surface area contributed by atoms with Crippen molar-refractivity contribution in [3.8, 4) is 11.5 Å². The Labute approximate surface area is 170 Å². The van der Waals surface area contributed by atoms with Crippen LogP contribution in [-0.2, 0) is 11.3 Å². The molecule has 3 N–H and O–H groups in total. The molecule has 0 atom stereocenters. The molecule has 0 unspecified atom stereocenters. The molecule has 3 rings (SSSR count). The molecular weight excluding hydrogens is 372 g/mol. The second kappa shape index (κ2) is 9.27. The van der Waals surface area contributed by atoms with Crippen molar-refractivity contribution in [1.82, 2.24) is 15.2 Å². The van der Waals surface area contributed by atoms with E-state index in [9.17, 15) is 9.59 Å². The van der Waals surface area contributed by atoms with Crippen LogP contribution in [0.3, 0.4) is 0 Å². The molecule has 0 aliphatic carbocycles. The lowest BCUT2D eigenvalue weighted by molar-refractivity contribution is -0.130. The molecule has 1 aromatic carbocycles. The number of carbonyl (C=O) groups excluding carboxylic acids is 2. The Morgan fingerprint density at radius 3 is 2.69 bits per heavy atom. The van der Waals surface area contributed by atoms with Crippen LogP contribution >= 0.6 is 0 Å². The van der Waals surface area contributed by atoms with Crippen LogP contribution in [0.4, 0.5) is 5.82 Å². The quantitative estimate of drug-likeness (QED) is 0.771. The standard InChI is InChI=1S/C21H26N4O4/c1-14(26)25-10-7-16(8-11-25)29-19-6-5-17(28-2)12-18(19)21(27)24-13-15-4-3-9-23-20(15)22/h3-6,9,12,16H,7-8,10-11,13H2,1-2H3,(H2,22,23)(H,24,27). The van der Waals surface area contributed by atoms with E-state index in [1.807, 2.05) is 6.07 Å². The fourth-order valence-corrected chi connectivity index (χ4v) is 3.26. The summed E-state index contributed by atoms with van der Waals surface area (Å²) in [6, 6.07) is 8.74. The molecule has 29 heavy (non-hydrogen) atoms. The fourth-order valence-electron chi connectivity index (χ4n) is 3.26. The lowest BCUT2D eigenvalue weighted by Gasteiger charge is -2.31. The number of likely N-dealkylation sites (tertiary alicyclic amines) is 1. The molecule has 1 fully saturated rings. The summed E-state index contributed by atoms with van der Waals surface area (Å²) in [5.41, 5.74) is 6.97. The van der Waals surface area contributed by atoms with Gasteiger partial charge in [0.05, 0.1) is 12.7 Å². The molecule has 0 bridgehead atoms. The van der Waals surface area contributed by atoms with Crippen LogP contribution < -0.4 is 20.5 Å². The Morgan fingerprint density at radius 2 is 2.03 bits per heavy atom. The number of piperidine rings is 1. The van der Waals surface area contributed by atoms with Gasteiger partial charge in [0.25, 0.3) is 5.91 Å². The maximum absolute atomic E-state index is 12.8. The van der Waals surface area contributed by atoms with Gasteiger partial charge in [-0.15, -0.1) is 0 Å². The van der Waals surface area contributed by atoms with Gasteiger partial charge in [-0.1, -0.05) is 6.07 Å². The van der Waals surface area contributed by atoms with Crippen molar-refractivity contribution >= 4 is 17.6 Å². The molecule has 1 aliphatic rings. The summed E-state index contributed by atoms with van der Waals surface area (Å²) in [4.78, 5) is 30.2. The van der Waals surface area contributed by atoms with E-state index in [2.05, 4.69) is 10.3 Å². The van der Waals surface area contributed by atoms with Crippen LogP contribution in [-0.4, -0.2) is 48.0 Å². The number of aromatic nitrogens is 1. The first kappa shape index (κ1) is 20.4. The van der Waals surface area contributed by atoms with E-state index >= 15 is 0 Å². The second-order valence-corrected chi connectivity index (χ2v) is 6.92. The van der Waals surface area contributed by atoms with Crippen LogP contribution in [0.1, 0.15) is 35.7 Å². The summed E-state index contributed by atoms with van der Waals surface area (Å²) < 4.78 is 11.4. The van der Waals surface area contributed by atoms with Gasteiger partial charge in [0.1, 0.15) is 23.4 Å². The second-order valence-electron chi connectivity index (χ2n) is 6.92. The molecule has 1 aliphatic heterocycles. The molecule has 8 nitrogen and oxygen atoms in total. The van der Waals surface area contributed by atoms with Gasteiger partial charge >= 0.3 is 0 Å². The van der Waals surface area contributed by atoms with Crippen molar-refractivity contribution < 1.29 is 19.1 Å². The molecule has 8 heteroatoms. The minimum atomic E-state index is -0.289. The predicted molar refractivity (Wildman–Crippen MR) is 109 cm³/mol. The van der Waals surface area contributed by atoms with Crippen molar-refractivity contribution in [1.29, 1.82) is 0 Å². The maximum Gasteiger partial charge on any atom is 0.255 e. The highest BCUT2D eigenvalue weighted by molar-refractivity contribution is 5.97. The maximum atomic E-state index is 12.8. The molecule has 0 saturated carbocycles. The zero-order valence-corrected chi connectivity index (χ0v) is 16.7. The number of carbonyl (C=O) groups is 2. The molecule has 1 aromatic heterocycles. The zero-order valence-electron chi connectivity index (χ0n) is 16.7. The number of hydrogen-bond acceptors (Lipinski definition) is 6. The summed E-state index contributed by atoms with van der Waals surface area (Å²) in [7, 11) is 1.55. The average molecular weight is 398 g/mol. The largest absolute Gasteiger partial charge is 0.497 e. The highest BCUT2D eigenvalue weighted by Crippen LogP contribution is 2.27. The number of benzene rings is 1. The number of amides is 2. The molecule has 2 heterocycles. The van der Waals surface area contributed by atoms with E-state index in [-0.39, 0.29) is 24.5 Å². The minimum Gasteiger partial charge on any atom is -0.497 e. The lowest BCUT2D eigenvalue weighted by atomic mass is 10.1. The SMILES string of the molecule is COc1ccc(OC2CCN(C(C)=O)CC2)c(C(=O)NCc2cccnc2N)c1. The molecule has 2 aromatic rings. The van der Waals surface area contributed by atoms with Crippen molar-refractivity contribution in [2.24, 2.45) is 0 Å². The Bertz CT molecular complexity index is 879. The summed E-state index contributed by atoms with van der Waals surface area (Å²) in [6.07, 6.45) is 2.99. The molecule has 2 amide bonds. The van der Waals surface area contributed by atoms with Crippen molar-refractivity contribution in [2.45, 2.75) is 32.4 Å². The molecule has 154 valence electrons. The van der Waals surface area contributed by atoms with Crippen molar-refractivity contribution in [3.05, 3.63) is 47.7 Å². The van der Waals surface area contributed by atoms with Crippen LogP contribution in [0.25, 0.3) is 0 Å². The van der Waals surface area contributed by atoms with E-state index in [1.54, 1.807) is 49.4 Å². The Hall–Kier alpha value is -3.29. The van der Waals surface area contributed by atoms with Gasteiger partial charge in [0, 0.05) is 51.2 Å². The smallest absolute Gasteiger partial charge is 0.255 e. The van der Waals surface area contributed by atoms with Gasteiger partial charge < -0.3 is 25.4 Å². The highest BCUT2D eigenvalue weighted by Gasteiger charge is 2.24. The molecule has 0 spiro atoms. The third-order valence-corrected chi connectivity index (χ3v) is 4.98. The number of nitrogens with one attached hydrogen (secondary N) is 1. The van der Waals surface area contributed by atoms with Crippen LogP contribution in [0.5, 0.6) is 11.5 Å². The van der Waals surface area contributed by atoms with E-state index in [1.165, 1.54) is 0 Å². The number of pyridine rings is 1. The first-order valence-corrected chi connectivity index (χ1v) is 9.55. The van der Waals surface area contributed by atoms with E-state index < -0.39 is 0 Å². The van der Waals surface area contributed by atoms with Gasteiger partial charge in [-0.3, -0.25) is 9.59 Å². The van der Waals surface area contributed by atoms with Gasteiger partial charge in [-0.25, -0.2) is 4.98 Å². The number of nitrogens with zero attached hydrogens (tertiary/aromatic N) is 2. The molecule has 1 saturated heterocycles. The van der Waals surface area contributed by atoms with Crippen LogP contribution in [0.15, 0.2) is 36.5 Å². The van der Waals surface area contributed by atoms with Gasteiger partial charge in [0.15, 0.2) is 0 Å². The fraction of sp³-hybridized carbons (Fsp3) is 0.381. The lowest BCUT2D eigenvalue weighted by Crippen LogP contribution is -2.40. The average Bonchev–Trinajstić information content (AvgIpc) is 2.73. The Balaban J connectivity index is 1.71. The number of hydrogen-bond donors (Lipinski definition) is 2. The zero-order chi connectivity index (χ0) is 20.8. The van der Waals surface area contributed by atoms with Crippen LogP contribution in [0, 0.1) is 0 Å². The van der Waals surface area contributed by atoms with Crippen molar-refractivity contribution in [3.63, 3.8) is 0 Å². The third-order valence-electron chi connectivity index (χ3n) is 4.98. The van der Waals surface area contributed by atoms with E-state index in [4.69, 9.17) is 15.2 Å². The molecular formula is C21H26N4O4. The Morgan fingerprint density at radius 1 is 1.28 bits per heavy atom. The first-order chi connectivity index (χ1) is 14.0. The van der Waals surface area contributed by atoms with Crippen molar-refractivity contribution in [2.75, 3.05) is 25.9 Å². The summed E-state index contributed by atoms with van der Waals surface area (Å²) in [5.74, 6) is 1.22. The number of ether oxygens (including phenoxy) is 2. The number of anilines is 1. The normalized spacial score (nSPS) is 14.3. The molecule has 0 radical (unpaired) electrons. The topological polar surface area (TPSA) is 107 Å². The first-order valence-electron chi connectivity index (χ1n) is 9.55. The number of rotatable bonds is 6. The predicted octanol–water partition coefficient (Wildman–Crippen LogP) is 1.99. The van der Waals surface area contributed by atoms with Gasteiger partial charge in [-0.05, 0) is 24.3 Å². The van der Waals surface area contributed by atoms with Gasteiger partial charge in [0.2, 0.25) is 5.91 Å². The Kier molecular flexibility index (Phi) is 6.54. The highest BCUT2D eigenvalue weighted by atomic mass is 16.5. The minimum absolute atomic E-state index is 0.0560. The monoisotopic (exact) mass is 398 g/mol. The summed E-state index contributed by atoms with van der Waals surface area (Å²) in [6.45, 7) is 3.13. The number of nitrogens with two attached hydrogens (primary N) is 1.